The van der Waals surface area contributed by atoms with Crippen molar-refractivity contribution in [2.24, 2.45) is 6.98 Å². The van der Waals surface area contributed by atoms with Crippen LogP contribution in [0.25, 0.3) is 0 Å². The van der Waals surface area contributed by atoms with Crippen molar-refractivity contribution in [1.29, 1.82) is 0 Å². The highest BCUT2D eigenvalue weighted by Gasteiger charge is 2.17. The van der Waals surface area contributed by atoms with Gasteiger partial charge in [-0.05, 0) is 0 Å². The number of aromatic nitrogens is 3. The van der Waals surface area contributed by atoms with E-state index < -0.39 is 6.98 Å². The summed E-state index contributed by atoms with van der Waals surface area (Å²) < 4.78 is 22.2. The second-order valence-corrected chi connectivity index (χ2v) is 3.26. The maximum absolute atomic E-state index is 7.08. The van der Waals surface area contributed by atoms with Crippen LogP contribution in [0.15, 0.2) is 6.33 Å². The van der Waals surface area contributed by atoms with Gasteiger partial charge >= 0.3 is 0 Å². The summed E-state index contributed by atoms with van der Waals surface area (Å²) in [5, 5.41) is 3.90. The molecule has 3 heteroatoms. The molecule has 0 aromatic carbocycles. The van der Waals surface area contributed by atoms with Crippen LogP contribution < -0.4 is 0 Å². The number of rotatable bonds is 0. The first-order valence-electron chi connectivity index (χ1n) is 4.64. The van der Waals surface area contributed by atoms with Crippen LogP contribution >= 0.6 is 0 Å². The van der Waals surface area contributed by atoms with Crippen LogP contribution in [0.2, 0.25) is 0 Å². The van der Waals surface area contributed by atoms with E-state index in [0.29, 0.717) is 5.82 Å². The maximum atomic E-state index is 7.08. The van der Waals surface area contributed by atoms with Gasteiger partial charge in [0.2, 0.25) is 0 Å². The van der Waals surface area contributed by atoms with Gasteiger partial charge in [0.1, 0.15) is 6.33 Å². The van der Waals surface area contributed by atoms with E-state index in [9.17, 15) is 0 Å². The van der Waals surface area contributed by atoms with Gasteiger partial charge in [-0.15, -0.1) is 0 Å². The summed E-state index contributed by atoms with van der Waals surface area (Å²) in [6.45, 7) is 3.58. The third kappa shape index (κ3) is 1.35. The molecular formula is C7H13N3. The lowest BCUT2D eigenvalue weighted by atomic mass is 9.96. The molecule has 0 bridgehead atoms. The Morgan fingerprint density at radius 2 is 2.30 bits per heavy atom. The molecular weight excluding hydrogens is 126 g/mol. The normalized spacial score (nSPS) is 17.7. The van der Waals surface area contributed by atoms with Crippen molar-refractivity contribution in [3.8, 4) is 0 Å². The first-order chi connectivity index (χ1) is 5.71. The fourth-order valence-electron chi connectivity index (χ4n) is 0.607. The lowest BCUT2D eigenvalue weighted by Crippen LogP contribution is -2.13. The van der Waals surface area contributed by atoms with Crippen molar-refractivity contribution >= 4 is 0 Å². The Bertz CT molecular complexity index is 266. The van der Waals surface area contributed by atoms with Crippen LogP contribution in [0, 0.1) is 0 Å². The van der Waals surface area contributed by atoms with E-state index in [0.717, 1.165) is 4.68 Å². The first-order valence-corrected chi connectivity index (χ1v) is 3.14. The Kier molecular flexibility index (Phi) is 0.853. The lowest BCUT2D eigenvalue weighted by molar-refractivity contribution is 0.538. The van der Waals surface area contributed by atoms with Crippen molar-refractivity contribution < 1.29 is 4.11 Å². The second kappa shape index (κ2) is 2.08. The van der Waals surface area contributed by atoms with Crippen molar-refractivity contribution in [2.75, 3.05) is 0 Å². The SMILES string of the molecule is [2H]C([2H])([2H])n1cnc(C(C)(C)C)n1. The van der Waals surface area contributed by atoms with E-state index in [4.69, 9.17) is 4.11 Å². The molecule has 1 aromatic rings. The molecule has 56 valence electrons. The molecule has 1 rings (SSSR count). The highest BCUT2D eigenvalue weighted by molar-refractivity contribution is 4.97. The minimum absolute atomic E-state index is 0.212. The molecule has 0 spiro atoms. The molecule has 1 heterocycles. The van der Waals surface area contributed by atoms with Crippen molar-refractivity contribution in [3.05, 3.63) is 12.2 Å². The molecule has 3 nitrogen and oxygen atoms in total. The van der Waals surface area contributed by atoms with Gasteiger partial charge in [-0.25, -0.2) is 4.98 Å². The topological polar surface area (TPSA) is 30.7 Å². The smallest absolute Gasteiger partial charge is 0.155 e. The molecule has 0 saturated heterocycles. The van der Waals surface area contributed by atoms with Gasteiger partial charge in [0.15, 0.2) is 5.82 Å². The van der Waals surface area contributed by atoms with Gasteiger partial charge in [-0.2, -0.15) is 5.10 Å². The van der Waals surface area contributed by atoms with Gasteiger partial charge in [-0.3, -0.25) is 4.68 Å². The summed E-state index contributed by atoms with van der Waals surface area (Å²) in [4.78, 5) is 3.95. The number of nitrogens with zero attached hydrogens (tertiary/aromatic N) is 3. The molecule has 0 saturated carbocycles. The van der Waals surface area contributed by atoms with E-state index in [1.54, 1.807) is 0 Å². The average Bonchev–Trinajstić information content (AvgIpc) is 2.28. The van der Waals surface area contributed by atoms with Crippen LogP contribution in [-0.4, -0.2) is 14.8 Å². The number of aryl methyl sites for hydroxylation is 1. The summed E-state index contributed by atoms with van der Waals surface area (Å²) in [6.07, 6.45) is 1.24. The van der Waals surface area contributed by atoms with E-state index in [1.807, 2.05) is 20.8 Å². The Balaban J connectivity index is 3.01. The van der Waals surface area contributed by atoms with Crippen LogP contribution in [-0.2, 0) is 12.4 Å². The zero-order valence-electron chi connectivity index (χ0n) is 9.42. The highest BCUT2D eigenvalue weighted by atomic mass is 15.3. The predicted octanol–water partition coefficient (Wildman–Crippen LogP) is 1.11. The summed E-state index contributed by atoms with van der Waals surface area (Å²) in [7, 11) is 0. The third-order valence-corrected chi connectivity index (χ3v) is 1.16. The van der Waals surface area contributed by atoms with E-state index >= 15 is 0 Å². The maximum Gasteiger partial charge on any atom is 0.155 e. The predicted molar refractivity (Wildman–Crippen MR) is 39.7 cm³/mol. The fraction of sp³-hybridized carbons (Fsp3) is 0.714. The van der Waals surface area contributed by atoms with Crippen LogP contribution in [0.5, 0.6) is 0 Å². The molecule has 0 fully saturated rings. The monoisotopic (exact) mass is 142 g/mol. The van der Waals surface area contributed by atoms with Crippen LogP contribution in [0.1, 0.15) is 30.7 Å². The first kappa shape index (κ1) is 4.11. The van der Waals surface area contributed by atoms with Crippen LogP contribution in [0.3, 0.4) is 0 Å². The number of hydrogen-bond acceptors (Lipinski definition) is 2. The quantitative estimate of drug-likeness (QED) is 0.543. The molecule has 0 amide bonds. The van der Waals surface area contributed by atoms with Gasteiger partial charge in [-0.1, -0.05) is 20.8 Å². The van der Waals surface area contributed by atoms with Crippen molar-refractivity contribution in [2.45, 2.75) is 26.2 Å². The molecule has 0 aliphatic carbocycles. The number of hydrogen-bond donors (Lipinski definition) is 0. The minimum atomic E-state index is -2.23. The molecule has 1 aromatic heterocycles. The molecule has 0 aliphatic rings. The minimum Gasteiger partial charge on any atom is -0.256 e. The Labute approximate surface area is 65.3 Å². The molecule has 0 atom stereocenters. The van der Waals surface area contributed by atoms with Gasteiger partial charge in [0, 0.05) is 16.5 Å². The van der Waals surface area contributed by atoms with Gasteiger partial charge in [0.25, 0.3) is 0 Å². The zero-order valence-corrected chi connectivity index (χ0v) is 6.42. The fourth-order valence-corrected chi connectivity index (χ4v) is 0.607. The summed E-state index contributed by atoms with van der Waals surface area (Å²) in [6, 6.07) is 0. The zero-order chi connectivity index (χ0) is 10.3. The Morgan fingerprint density at radius 3 is 2.60 bits per heavy atom. The van der Waals surface area contributed by atoms with Gasteiger partial charge in [0.05, 0.1) is 0 Å². The van der Waals surface area contributed by atoms with Crippen molar-refractivity contribution in [1.82, 2.24) is 14.8 Å². The van der Waals surface area contributed by atoms with E-state index in [-0.39, 0.29) is 5.41 Å². The van der Waals surface area contributed by atoms with Gasteiger partial charge < -0.3 is 0 Å². The highest BCUT2D eigenvalue weighted by Crippen LogP contribution is 2.16. The Morgan fingerprint density at radius 1 is 1.60 bits per heavy atom. The van der Waals surface area contributed by atoms with Crippen LogP contribution in [0.4, 0.5) is 0 Å². The third-order valence-electron chi connectivity index (χ3n) is 1.16. The Hall–Kier alpha value is -0.860. The van der Waals surface area contributed by atoms with E-state index in [2.05, 4.69) is 10.1 Å². The lowest BCUT2D eigenvalue weighted by Gasteiger charge is -2.11. The molecule has 0 radical (unpaired) electrons. The average molecular weight is 142 g/mol. The van der Waals surface area contributed by atoms with Crippen molar-refractivity contribution in [3.63, 3.8) is 0 Å². The standard InChI is InChI=1S/C7H13N3/c1-7(2,3)6-8-5-10(4)9-6/h5H,1-4H3/i4D3. The summed E-state index contributed by atoms with van der Waals surface area (Å²) in [5.74, 6) is 0.545. The van der Waals surface area contributed by atoms with E-state index in [1.165, 1.54) is 6.33 Å². The second-order valence-electron chi connectivity index (χ2n) is 3.26. The molecule has 0 aliphatic heterocycles. The molecule has 0 N–H and O–H groups in total. The largest absolute Gasteiger partial charge is 0.256 e. The summed E-state index contributed by atoms with van der Waals surface area (Å²) in [5.41, 5.74) is -0.212. The molecule has 10 heavy (non-hydrogen) atoms. The summed E-state index contributed by atoms with van der Waals surface area (Å²) >= 11 is 0. The molecule has 0 unspecified atom stereocenters.